The van der Waals surface area contributed by atoms with Crippen LogP contribution in [0.2, 0.25) is 0 Å². The van der Waals surface area contributed by atoms with Gasteiger partial charge < -0.3 is 10.1 Å². The fourth-order valence-corrected chi connectivity index (χ4v) is 4.28. The van der Waals surface area contributed by atoms with Crippen molar-refractivity contribution in [2.45, 2.75) is 38.5 Å². The first-order valence-corrected chi connectivity index (χ1v) is 11.3. The van der Waals surface area contributed by atoms with Crippen LogP contribution in [-0.2, 0) is 16.0 Å². The number of carbonyl (C=O) groups is 1. The molecule has 1 aliphatic rings. The fourth-order valence-electron chi connectivity index (χ4n) is 3.53. The maximum Gasteiger partial charge on any atom is 0.230 e. The van der Waals surface area contributed by atoms with E-state index in [1.807, 2.05) is 16.7 Å². The number of carbonyl (C=O) groups excluding carboxylic acids is 1. The number of morpholine rings is 1. The first-order chi connectivity index (χ1) is 14.1. The van der Waals surface area contributed by atoms with Crippen LogP contribution < -0.4 is 5.32 Å². The summed E-state index contributed by atoms with van der Waals surface area (Å²) in [7, 11) is 0. The Balaban J connectivity index is 1.49. The first-order valence-electron chi connectivity index (χ1n) is 10.3. The van der Waals surface area contributed by atoms with Crippen molar-refractivity contribution in [2.75, 3.05) is 38.5 Å². The number of thioether (sulfide) groups is 1. The Bertz CT molecular complexity index is 795. The summed E-state index contributed by atoms with van der Waals surface area (Å²) in [5, 5.41) is 12.0. The van der Waals surface area contributed by atoms with Crippen LogP contribution in [0, 0.1) is 5.92 Å². The highest BCUT2D eigenvalue weighted by Crippen LogP contribution is 2.22. The van der Waals surface area contributed by atoms with Gasteiger partial charge >= 0.3 is 0 Å². The summed E-state index contributed by atoms with van der Waals surface area (Å²) < 4.78 is 7.75. The molecule has 1 fully saturated rings. The first kappa shape index (κ1) is 21.8. The van der Waals surface area contributed by atoms with Crippen LogP contribution in [0.4, 0.5) is 0 Å². The van der Waals surface area contributed by atoms with Crippen LogP contribution in [0.3, 0.4) is 0 Å². The van der Waals surface area contributed by atoms with Crippen molar-refractivity contribution in [3.63, 3.8) is 0 Å². The van der Waals surface area contributed by atoms with E-state index in [1.165, 1.54) is 17.3 Å². The van der Waals surface area contributed by atoms with E-state index in [0.717, 1.165) is 43.5 Å². The molecule has 0 spiro atoms. The lowest BCUT2D eigenvalue weighted by Crippen LogP contribution is -2.48. The summed E-state index contributed by atoms with van der Waals surface area (Å²) in [6, 6.07) is 8.18. The number of nitrogens with one attached hydrogen (secondary N) is 1. The normalized spacial score (nSPS) is 17.6. The highest BCUT2D eigenvalue weighted by Gasteiger charge is 2.21. The van der Waals surface area contributed by atoms with Crippen molar-refractivity contribution in [2.24, 2.45) is 5.92 Å². The maximum atomic E-state index is 12.4. The third-order valence-corrected chi connectivity index (χ3v) is 5.80. The van der Waals surface area contributed by atoms with Gasteiger partial charge in [0.15, 0.2) is 5.16 Å². The zero-order chi connectivity index (χ0) is 20.6. The largest absolute Gasteiger partial charge is 0.374 e. The fraction of sp³-hybridized carbons (Fsp3) is 0.571. The summed E-state index contributed by atoms with van der Waals surface area (Å²) in [5.41, 5.74) is 2.28. The van der Waals surface area contributed by atoms with Gasteiger partial charge in [-0.3, -0.25) is 14.3 Å². The summed E-state index contributed by atoms with van der Waals surface area (Å²) in [6.45, 7) is 10.7. The number of para-hydroxylation sites is 1. The minimum absolute atomic E-state index is 0.0158. The Labute approximate surface area is 177 Å². The summed E-state index contributed by atoms with van der Waals surface area (Å²) in [6.07, 6.45) is 2.68. The molecular formula is C21H31N5O2S. The Hall–Kier alpha value is -1.90. The molecule has 1 atom stereocenters. The number of nitrogens with zero attached hydrogens (tertiary/aromatic N) is 4. The lowest BCUT2D eigenvalue weighted by Gasteiger charge is -2.33. The standard InChI is InChI=1S/C21H31N5O2S/c1-4-17-7-5-6-8-19(17)26-15-23-24-21(26)29-14-20(27)22-11-18-13-25(9-10-28-18)12-16(2)3/h5-8,15-16,18H,4,9-14H2,1-3H3,(H,22,27). The molecule has 7 nitrogen and oxygen atoms in total. The molecule has 2 aromatic rings. The molecule has 29 heavy (non-hydrogen) atoms. The lowest BCUT2D eigenvalue weighted by atomic mass is 10.1. The average molecular weight is 418 g/mol. The monoisotopic (exact) mass is 417 g/mol. The molecule has 0 radical (unpaired) electrons. The van der Waals surface area contributed by atoms with Crippen molar-refractivity contribution in [1.82, 2.24) is 25.0 Å². The van der Waals surface area contributed by atoms with Gasteiger partial charge in [-0.15, -0.1) is 10.2 Å². The zero-order valence-corrected chi connectivity index (χ0v) is 18.3. The second kappa shape index (κ2) is 10.8. The molecule has 1 amide bonds. The van der Waals surface area contributed by atoms with Crippen LogP contribution in [0.25, 0.3) is 5.69 Å². The van der Waals surface area contributed by atoms with Gasteiger partial charge in [-0.2, -0.15) is 0 Å². The van der Waals surface area contributed by atoms with Gasteiger partial charge in [-0.05, 0) is 24.0 Å². The summed E-state index contributed by atoms with van der Waals surface area (Å²) in [4.78, 5) is 14.8. The minimum atomic E-state index is -0.0158. The summed E-state index contributed by atoms with van der Waals surface area (Å²) in [5.74, 6) is 0.919. The molecule has 0 aliphatic carbocycles. The molecule has 2 heterocycles. The second-order valence-electron chi connectivity index (χ2n) is 7.70. The van der Waals surface area contributed by atoms with Crippen LogP contribution in [0.1, 0.15) is 26.3 Å². The molecule has 3 rings (SSSR count). The molecule has 1 saturated heterocycles. The maximum absolute atomic E-state index is 12.4. The summed E-state index contributed by atoms with van der Waals surface area (Å²) >= 11 is 1.40. The van der Waals surface area contributed by atoms with Gasteiger partial charge in [0.2, 0.25) is 5.91 Å². The highest BCUT2D eigenvalue weighted by molar-refractivity contribution is 7.99. The molecule has 8 heteroatoms. The van der Waals surface area contributed by atoms with E-state index in [-0.39, 0.29) is 12.0 Å². The molecule has 1 unspecified atom stereocenters. The van der Waals surface area contributed by atoms with E-state index < -0.39 is 0 Å². The van der Waals surface area contributed by atoms with Crippen molar-refractivity contribution in [3.05, 3.63) is 36.2 Å². The van der Waals surface area contributed by atoms with E-state index in [0.29, 0.717) is 18.2 Å². The molecule has 158 valence electrons. The van der Waals surface area contributed by atoms with Gasteiger partial charge in [0, 0.05) is 26.2 Å². The third-order valence-electron chi connectivity index (χ3n) is 4.85. The van der Waals surface area contributed by atoms with Gasteiger partial charge in [0.05, 0.1) is 24.2 Å². The molecule has 1 N–H and O–H groups in total. The molecule has 1 aromatic carbocycles. The molecule has 0 bridgehead atoms. The minimum Gasteiger partial charge on any atom is -0.374 e. The van der Waals surface area contributed by atoms with Crippen molar-refractivity contribution >= 4 is 17.7 Å². The smallest absolute Gasteiger partial charge is 0.230 e. The molecular weight excluding hydrogens is 386 g/mol. The Morgan fingerprint density at radius 1 is 1.38 bits per heavy atom. The van der Waals surface area contributed by atoms with Crippen molar-refractivity contribution in [1.29, 1.82) is 0 Å². The zero-order valence-electron chi connectivity index (χ0n) is 17.5. The van der Waals surface area contributed by atoms with Crippen LogP contribution >= 0.6 is 11.8 Å². The van der Waals surface area contributed by atoms with Gasteiger partial charge in [0.1, 0.15) is 6.33 Å². The van der Waals surface area contributed by atoms with Crippen LogP contribution in [0.5, 0.6) is 0 Å². The highest BCUT2D eigenvalue weighted by atomic mass is 32.2. The molecule has 1 aromatic heterocycles. The average Bonchev–Trinajstić information content (AvgIpc) is 3.19. The van der Waals surface area contributed by atoms with E-state index in [1.54, 1.807) is 6.33 Å². The Kier molecular flexibility index (Phi) is 8.09. The third kappa shape index (κ3) is 6.29. The number of benzene rings is 1. The Morgan fingerprint density at radius 2 is 2.21 bits per heavy atom. The SMILES string of the molecule is CCc1ccccc1-n1cnnc1SCC(=O)NCC1CN(CC(C)C)CCO1. The van der Waals surface area contributed by atoms with Gasteiger partial charge in [0.25, 0.3) is 0 Å². The predicted molar refractivity (Wildman–Crippen MR) is 115 cm³/mol. The molecule has 0 saturated carbocycles. The number of rotatable bonds is 9. The topological polar surface area (TPSA) is 72.3 Å². The van der Waals surface area contributed by atoms with E-state index >= 15 is 0 Å². The van der Waals surface area contributed by atoms with Crippen molar-refractivity contribution < 1.29 is 9.53 Å². The lowest BCUT2D eigenvalue weighted by molar-refractivity contribution is -0.119. The van der Waals surface area contributed by atoms with Crippen LogP contribution in [0.15, 0.2) is 35.7 Å². The predicted octanol–water partition coefficient (Wildman–Crippen LogP) is 2.39. The van der Waals surface area contributed by atoms with Gasteiger partial charge in [-0.25, -0.2) is 0 Å². The number of amides is 1. The van der Waals surface area contributed by atoms with Gasteiger partial charge in [-0.1, -0.05) is 50.7 Å². The number of ether oxygens (including phenoxy) is 1. The van der Waals surface area contributed by atoms with E-state index in [4.69, 9.17) is 4.74 Å². The quantitative estimate of drug-likeness (QED) is 0.632. The molecule has 1 aliphatic heterocycles. The van der Waals surface area contributed by atoms with Crippen molar-refractivity contribution in [3.8, 4) is 5.69 Å². The second-order valence-corrected chi connectivity index (χ2v) is 8.65. The van der Waals surface area contributed by atoms with Crippen LogP contribution in [-0.4, -0.2) is 70.2 Å². The van der Waals surface area contributed by atoms with E-state index in [2.05, 4.69) is 53.3 Å². The number of aromatic nitrogens is 3. The number of hydrogen-bond acceptors (Lipinski definition) is 6. The Morgan fingerprint density at radius 3 is 3.00 bits per heavy atom. The van der Waals surface area contributed by atoms with E-state index in [9.17, 15) is 4.79 Å². The number of aryl methyl sites for hydroxylation is 1. The number of hydrogen-bond donors (Lipinski definition) is 1.